The molecule has 2 heteroatoms. The van der Waals surface area contributed by atoms with Gasteiger partial charge in [0.2, 0.25) is 0 Å². The Morgan fingerprint density at radius 3 is 2.63 bits per heavy atom. The predicted octanol–water partition coefficient (Wildman–Crippen LogP) is 3.36. The van der Waals surface area contributed by atoms with E-state index in [1.165, 1.54) is 51.5 Å². The first-order valence-electron chi connectivity index (χ1n) is 8.67. The van der Waals surface area contributed by atoms with Crippen molar-refractivity contribution in [3.05, 3.63) is 0 Å². The van der Waals surface area contributed by atoms with Crippen molar-refractivity contribution >= 4 is 0 Å². The SMILES string of the molecule is CCOC1CC(NCC2CC3CCC2C3)C12CCC2. The summed E-state index contributed by atoms with van der Waals surface area (Å²) in [6, 6.07) is 0.775. The minimum Gasteiger partial charge on any atom is -0.378 e. The number of hydrogen-bond donors (Lipinski definition) is 1. The molecular formula is C17H29NO. The summed E-state index contributed by atoms with van der Waals surface area (Å²) in [5.74, 6) is 3.16. The largest absolute Gasteiger partial charge is 0.378 e. The van der Waals surface area contributed by atoms with E-state index in [9.17, 15) is 0 Å². The first-order chi connectivity index (χ1) is 9.32. The molecule has 19 heavy (non-hydrogen) atoms. The van der Waals surface area contributed by atoms with Crippen molar-refractivity contribution in [2.75, 3.05) is 13.2 Å². The van der Waals surface area contributed by atoms with E-state index < -0.39 is 0 Å². The molecule has 1 spiro atoms. The Hall–Kier alpha value is -0.0800. The van der Waals surface area contributed by atoms with Crippen molar-refractivity contribution in [2.24, 2.45) is 23.2 Å². The summed E-state index contributed by atoms with van der Waals surface area (Å²) < 4.78 is 5.95. The predicted molar refractivity (Wildman–Crippen MR) is 77.0 cm³/mol. The lowest BCUT2D eigenvalue weighted by molar-refractivity contribution is -0.173. The maximum absolute atomic E-state index is 5.95. The summed E-state index contributed by atoms with van der Waals surface area (Å²) >= 11 is 0. The highest BCUT2D eigenvalue weighted by Crippen LogP contribution is 2.57. The monoisotopic (exact) mass is 263 g/mol. The maximum atomic E-state index is 5.95. The van der Waals surface area contributed by atoms with Crippen LogP contribution in [-0.4, -0.2) is 25.3 Å². The van der Waals surface area contributed by atoms with Crippen LogP contribution in [0.2, 0.25) is 0 Å². The Morgan fingerprint density at radius 1 is 1.16 bits per heavy atom. The topological polar surface area (TPSA) is 21.3 Å². The lowest BCUT2D eigenvalue weighted by Crippen LogP contribution is -2.67. The Kier molecular flexibility index (Phi) is 3.15. The van der Waals surface area contributed by atoms with Crippen molar-refractivity contribution in [1.29, 1.82) is 0 Å². The Labute approximate surface area is 117 Å². The molecule has 0 aromatic carbocycles. The highest BCUT2D eigenvalue weighted by Gasteiger charge is 2.58. The number of rotatable bonds is 5. The van der Waals surface area contributed by atoms with Crippen LogP contribution in [0, 0.1) is 23.2 Å². The van der Waals surface area contributed by atoms with Crippen LogP contribution in [0.25, 0.3) is 0 Å². The van der Waals surface area contributed by atoms with Crippen LogP contribution in [0.15, 0.2) is 0 Å². The van der Waals surface area contributed by atoms with Gasteiger partial charge in [0.25, 0.3) is 0 Å². The maximum Gasteiger partial charge on any atom is 0.0661 e. The minimum absolute atomic E-state index is 0.549. The van der Waals surface area contributed by atoms with Gasteiger partial charge in [-0.15, -0.1) is 0 Å². The molecule has 5 unspecified atom stereocenters. The zero-order valence-corrected chi connectivity index (χ0v) is 12.4. The van der Waals surface area contributed by atoms with Gasteiger partial charge in [0, 0.05) is 18.1 Å². The van der Waals surface area contributed by atoms with Gasteiger partial charge in [-0.2, -0.15) is 0 Å². The van der Waals surface area contributed by atoms with E-state index in [0.717, 1.165) is 30.4 Å². The van der Waals surface area contributed by atoms with E-state index in [0.29, 0.717) is 11.5 Å². The van der Waals surface area contributed by atoms with E-state index in [4.69, 9.17) is 4.74 Å². The van der Waals surface area contributed by atoms with Gasteiger partial charge < -0.3 is 10.1 Å². The minimum atomic E-state index is 0.549. The molecule has 0 amide bonds. The number of ether oxygens (including phenoxy) is 1. The molecule has 4 rings (SSSR count). The molecule has 0 heterocycles. The van der Waals surface area contributed by atoms with Crippen molar-refractivity contribution in [3.8, 4) is 0 Å². The average molecular weight is 263 g/mol. The molecule has 4 saturated carbocycles. The van der Waals surface area contributed by atoms with Gasteiger partial charge >= 0.3 is 0 Å². The van der Waals surface area contributed by atoms with Gasteiger partial charge in [-0.05, 0) is 69.7 Å². The molecule has 4 fully saturated rings. The van der Waals surface area contributed by atoms with Crippen LogP contribution >= 0.6 is 0 Å². The van der Waals surface area contributed by atoms with Gasteiger partial charge in [0.15, 0.2) is 0 Å². The molecule has 0 saturated heterocycles. The first kappa shape index (κ1) is 12.6. The van der Waals surface area contributed by atoms with Crippen LogP contribution < -0.4 is 5.32 Å². The second kappa shape index (κ2) is 4.73. The van der Waals surface area contributed by atoms with Crippen molar-refractivity contribution < 1.29 is 4.74 Å². The van der Waals surface area contributed by atoms with Crippen LogP contribution in [0.3, 0.4) is 0 Å². The summed E-state index contributed by atoms with van der Waals surface area (Å²) in [5.41, 5.74) is 0.549. The van der Waals surface area contributed by atoms with Crippen molar-refractivity contribution in [3.63, 3.8) is 0 Å². The van der Waals surface area contributed by atoms with Gasteiger partial charge in [0.1, 0.15) is 0 Å². The molecule has 2 nitrogen and oxygen atoms in total. The second-order valence-electron chi connectivity index (χ2n) is 7.66. The molecule has 1 N–H and O–H groups in total. The summed E-state index contributed by atoms with van der Waals surface area (Å²) in [6.45, 7) is 4.33. The molecule has 0 aromatic rings. The van der Waals surface area contributed by atoms with E-state index in [2.05, 4.69) is 12.2 Å². The molecule has 108 valence electrons. The Bertz CT molecular complexity index is 338. The number of fused-ring (bicyclic) bond motifs is 2. The molecule has 2 bridgehead atoms. The second-order valence-corrected chi connectivity index (χ2v) is 7.66. The lowest BCUT2D eigenvalue weighted by atomic mass is 9.51. The highest BCUT2D eigenvalue weighted by atomic mass is 16.5. The van der Waals surface area contributed by atoms with Gasteiger partial charge in [-0.25, -0.2) is 0 Å². The third-order valence-electron chi connectivity index (χ3n) is 6.95. The van der Waals surface area contributed by atoms with E-state index in [1.807, 2.05) is 0 Å². The fourth-order valence-electron chi connectivity index (χ4n) is 5.64. The van der Waals surface area contributed by atoms with Gasteiger partial charge in [-0.3, -0.25) is 0 Å². The van der Waals surface area contributed by atoms with Crippen LogP contribution in [0.5, 0.6) is 0 Å². The smallest absolute Gasteiger partial charge is 0.0661 e. The molecule has 0 aliphatic heterocycles. The van der Waals surface area contributed by atoms with Crippen LogP contribution in [0.4, 0.5) is 0 Å². The molecular weight excluding hydrogens is 234 g/mol. The molecule has 5 atom stereocenters. The molecule has 4 aliphatic rings. The fraction of sp³-hybridized carbons (Fsp3) is 1.00. The van der Waals surface area contributed by atoms with Gasteiger partial charge in [-0.1, -0.05) is 12.8 Å². The van der Waals surface area contributed by atoms with E-state index in [1.54, 1.807) is 6.42 Å². The first-order valence-corrected chi connectivity index (χ1v) is 8.67. The standard InChI is InChI=1S/C17H29NO/c1-2-19-16-10-15(17(16)6-3-7-17)18-11-14-9-12-4-5-13(14)8-12/h12-16,18H,2-11H2,1H3. The zero-order chi connectivity index (χ0) is 12.9. The number of nitrogens with one attached hydrogen (secondary N) is 1. The quantitative estimate of drug-likeness (QED) is 0.821. The van der Waals surface area contributed by atoms with Crippen molar-refractivity contribution in [2.45, 2.75) is 70.4 Å². The lowest BCUT2D eigenvalue weighted by Gasteiger charge is -2.61. The van der Waals surface area contributed by atoms with Crippen LogP contribution in [-0.2, 0) is 4.74 Å². The summed E-state index contributed by atoms with van der Waals surface area (Å²) in [5, 5.41) is 3.95. The third kappa shape index (κ3) is 1.90. The molecule has 0 radical (unpaired) electrons. The Morgan fingerprint density at radius 2 is 2.05 bits per heavy atom. The Balaban J connectivity index is 1.30. The zero-order valence-electron chi connectivity index (χ0n) is 12.4. The van der Waals surface area contributed by atoms with Crippen LogP contribution in [0.1, 0.15) is 58.3 Å². The fourth-order valence-corrected chi connectivity index (χ4v) is 5.64. The summed E-state index contributed by atoms with van der Waals surface area (Å²) in [7, 11) is 0. The third-order valence-corrected chi connectivity index (χ3v) is 6.95. The normalized spacial score (nSPS) is 46.3. The van der Waals surface area contributed by atoms with Crippen molar-refractivity contribution in [1.82, 2.24) is 5.32 Å². The van der Waals surface area contributed by atoms with E-state index >= 15 is 0 Å². The highest BCUT2D eigenvalue weighted by molar-refractivity contribution is 5.12. The number of hydrogen-bond acceptors (Lipinski definition) is 2. The van der Waals surface area contributed by atoms with Gasteiger partial charge in [0.05, 0.1) is 6.10 Å². The van der Waals surface area contributed by atoms with E-state index in [-0.39, 0.29) is 0 Å². The summed E-state index contributed by atoms with van der Waals surface area (Å²) in [6.07, 6.45) is 12.2. The average Bonchev–Trinajstić information content (AvgIpc) is 2.92. The molecule has 4 aliphatic carbocycles. The summed E-state index contributed by atoms with van der Waals surface area (Å²) in [4.78, 5) is 0. The molecule has 0 aromatic heterocycles.